The molecule has 0 spiro atoms. The van der Waals surface area contributed by atoms with E-state index in [1.54, 1.807) is 0 Å². The number of para-hydroxylation sites is 2. The molecule has 0 aliphatic carbocycles. The molecule has 0 atom stereocenters. The number of hydrogen-bond acceptors (Lipinski definition) is 2. The maximum absolute atomic E-state index is 2.56. The Morgan fingerprint density at radius 1 is 0.316 bits per heavy atom. The number of nitrogens with zero attached hydrogens (tertiary/aromatic N) is 4. The third kappa shape index (κ3) is 6.50. The highest BCUT2D eigenvalue weighted by molar-refractivity contribution is 6.32. The molecule has 0 aliphatic rings. The van der Waals surface area contributed by atoms with Crippen LogP contribution in [0.2, 0.25) is 0 Å². The van der Waals surface area contributed by atoms with E-state index >= 15 is 0 Å². The van der Waals surface area contributed by atoms with Crippen molar-refractivity contribution in [2.24, 2.45) is 0 Å². The third-order valence-corrected chi connectivity index (χ3v) is 16.4. The lowest BCUT2D eigenvalue weighted by Gasteiger charge is -2.29. The van der Waals surface area contributed by atoms with Crippen LogP contribution in [0.4, 0.5) is 34.1 Å². The fourth-order valence-corrected chi connectivity index (χ4v) is 12.8. The first-order chi connectivity index (χ1) is 37.4. The molecule has 15 aromatic rings. The van der Waals surface area contributed by atoms with E-state index in [-0.39, 0.29) is 0 Å². The lowest BCUT2D eigenvalue weighted by atomic mass is 9.98. The average molecular weight is 975 g/mol. The fraction of sp³-hybridized carbons (Fsp3) is 0.0833. The number of hydrogen-bond donors (Lipinski definition) is 0. The molecule has 0 radical (unpaired) electrons. The average Bonchev–Trinajstić information content (AvgIpc) is 4.29. The molecule has 4 nitrogen and oxygen atoms in total. The van der Waals surface area contributed by atoms with Gasteiger partial charge in [-0.25, -0.2) is 0 Å². The molecule has 0 fully saturated rings. The van der Waals surface area contributed by atoms with Crippen molar-refractivity contribution >= 4 is 110 Å². The summed E-state index contributed by atoms with van der Waals surface area (Å²) in [6.45, 7) is 8.85. The van der Waals surface area contributed by atoms with Crippen molar-refractivity contribution in [2.75, 3.05) is 9.80 Å². The minimum Gasteiger partial charge on any atom is -0.309 e. The SMILES string of the molecule is CCc1ccc(N(c2ccc(C)cc2-c2ccccc2)c2ccc3c4cc5c(cc4n4c6ccccc6c2c34)c2ccc(N(c3ccc(CC)cc3)c3ccc(C)cc3-c3ccccc3)c3c4ccccc4n5c23)cc1. The van der Waals surface area contributed by atoms with Crippen LogP contribution in [-0.4, -0.2) is 8.80 Å². The normalized spacial score (nSPS) is 12.1. The van der Waals surface area contributed by atoms with E-state index in [0.717, 1.165) is 47.0 Å². The van der Waals surface area contributed by atoms with Crippen LogP contribution in [0.15, 0.2) is 231 Å². The molecule has 0 amide bonds. The molecule has 362 valence electrons. The third-order valence-electron chi connectivity index (χ3n) is 16.4. The first-order valence-corrected chi connectivity index (χ1v) is 26.9. The molecular weight excluding hydrogens is 921 g/mol. The van der Waals surface area contributed by atoms with Gasteiger partial charge in [-0.3, -0.25) is 0 Å². The maximum atomic E-state index is 2.56. The first-order valence-electron chi connectivity index (χ1n) is 26.9. The second-order valence-electron chi connectivity index (χ2n) is 20.8. The Hall–Kier alpha value is -9.38. The van der Waals surface area contributed by atoms with Crippen LogP contribution >= 0.6 is 0 Å². The van der Waals surface area contributed by atoms with Gasteiger partial charge in [0.15, 0.2) is 0 Å². The molecule has 11 aromatic carbocycles. The van der Waals surface area contributed by atoms with Gasteiger partial charge in [-0.05, 0) is 134 Å². The lowest BCUT2D eigenvalue weighted by molar-refractivity contribution is 1.14. The van der Waals surface area contributed by atoms with Gasteiger partial charge in [-0.15, -0.1) is 0 Å². The van der Waals surface area contributed by atoms with Crippen molar-refractivity contribution in [2.45, 2.75) is 40.5 Å². The van der Waals surface area contributed by atoms with Crippen LogP contribution in [0, 0.1) is 13.8 Å². The monoisotopic (exact) mass is 974 g/mol. The van der Waals surface area contributed by atoms with Crippen LogP contribution in [0.5, 0.6) is 0 Å². The van der Waals surface area contributed by atoms with Gasteiger partial charge in [0, 0.05) is 65.6 Å². The van der Waals surface area contributed by atoms with E-state index in [9.17, 15) is 0 Å². The molecule has 0 unspecified atom stereocenters. The van der Waals surface area contributed by atoms with E-state index in [2.05, 4.69) is 277 Å². The summed E-state index contributed by atoms with van der Waals surface area (Å²) in [5, 5.41) is 9.98. The topological polar surface area (TPSA) is 15.3 Å². The largest absolute Gasteiger partial charge is 0.309 e. The van der Waals surface area contributed by atoms with E-state index < -0.39 is 0 Å². The number of rotatable bonds is 10. The van der Waals surface area contributed by atoms with E-state index in [4.69, 9.17) is 0 Å². The van der Waals surface area contributed by atoms with E-state index in [1.807, 2.05) is 0 Å². The Bertz CT molecular complexity index is 4410. The van der Waals surface area contributed by atoms with Crippen LogP contribution in [-0.2, 0) is 12.8 Å². The molecule has 0 N–H and O–H groups in total. The van der Waals surface area contributed by atoms with Crippen LogP contribution in [0.3, 0.4) is 0 Å². The van der Waals surface area contributed by atoms with Gasteiger partial charge in [-0.1, -0.05) is 171 Å². The minimum absolute atomic E-state index is 0.986. The number of fused-ring (bicyclic) bond motifs is 12. The molecule has 0 saturated heterocycles. The van der Waals surface area contributed by atoms with Gasteiger partial charge in [0.25, 0.3) is 0 Å². The summed E-state index contributed by atoms with van der Waals surface area (Å²) < 4.78 is 5.12. The zero-order valence-electron chi connectivity index (χ0n) is 43.1. The Labute approximate surface area is 442 Å². The van der Waals surface area contributed by atoms with E-state index in [1.165, 1.54) is 121 Å². The zero-order valence-corrected chi connectivity index (χ0v) is 43.1. The van der Waals surface area contributed by atoms with Crippen molar-refractivity contribution in [3.63, 3.8) is 0 Å². The summed E-state index contributed by atoms with van der Waals surface area (Å²) in [4.78, 5) is 5.02. The van der Waals surface area contributed by atoms with Gasteiger partial charge >= 0.3 is 0 Å². The van der Waals surface area contributed by atoms with Crippen LogP contribution in [0.25, 0.3) is 98.4 Å². The highest BCUT2D eigenvalue weighted by Gasteiger charge is 2.29. The number of aromatic nitrogens is 2. The molecule has 4 heterocycles. The second kappa shape index (κ2) is 17.1. The Morgan fingerprint density at radius 2 is 0.697 bits per heavy atom. The van der Waals surface area contributed by atoms with Crippen molar-refractivity contribution < 1.29 is 0 Å². The van der Waals surface area contributed by atoms with Crippen molar-refractivity contribution in [1.82, 2.24) is 8.80 Å². The number of benzene rings is 11. The Balaban J connectivity index is 1.01. The number of anilines is 6. The molecule has 4 heteroatoms. The maximum Gasteiger partial charge on any atom is 0.0641 e. The lowest BCUT2D eigenvalue weighted by Crippen LogP contribution is -2.12. The van der Waals surface area contributed by atoms with Crippen LogP contribution < -0.4 is 9.80 Å². The Kier molecular flexibility index (Phi) is 9.93. The molecule has 0 bridgehead atoms. The molecule has 0 aliphatic heterocycles. The Morgan fingerprint density at radius 3 is 1.11 bits per heavy atom. The van der Waals surface area contributed by atoms with Gasteiger partial charge in [0.1, 0.15) is 0 Å². The van der Waals surface area contributed by atoms with Gasteiger partial charge in [0.05, 0.1) is 55.8 Å². The smallest absolute Gasteiger partial charge is 0.0641 e. The summed E-state index contributed by atoms with van der Waals surface area (Å²) in [5.74, 6) is 0. The zero-order chi connectivity index (χ0) is 50.8. The molecule has 0 saturated carbocycles. The fourth-order valence-electron chi connectivity index (χ4n) is 12.8. The molecule has 4 aromatic heterocycles. The summed E-state index contributed by atoms with van der Waals surface area (Å²) in [6.07, 6.45) is 1.97. The second-order valence-corrected chi connectivity index (χ2v) is 20.8. The van der Waals surface area contributed by atoms with Crippen molar-refractivity contribution in [1.29, 1.82) is 0 Å². The first kappa shape index (κ1) is 44.1. The highest BCUT2D eigenvalue weighted by atomic mass is 15.2. The summed E-state index contributed by atoms with van der Waals surface area (Å²) in [5.41, 5.74) is 24.1. The predicted octanol–water partition coefficient (Wildman–Crippen LogP) is 20.0. The van der Waals surface area contributed by atoms with Crippen molar-refractivity contribution in [3.8, 4) is 22.3 Å². The molecular formula is C72H54N4. The quantitative estimate of drug-likeness (QED) is 0.136. The minimum atomic E-state index is 0.986. The molecule has 76 heavy (non-hydrogen) atoms. The molecule has 15 rings (SSSR count). The standard InChI is InChI=1S/C72H54N4/c1-5-47-27-31-51(32-28-47)73(63-37-25-45(3)41-57(63)49-17-9-7-10-18-49)65-39-35-53-59-43-68-60(44-67(59)75-61-23-15-13-21-55(61)69(65)71(53)75)54-36-40-66(70-56-22-14-16-24-62(56)76(68)72(54)70)74(52-33-29-48(6-2)30-34-52)64-38-26-46(4)42-58(64)50-19-11-8-12-20-50/h7-44H,5-6H2,1-4H3. The van der Waals surface area contributed by atoms with E-state index in [0.29, 0.717) is 0 Å². The number of aryl methyl sites for hydroxylation is 4. The summed E-state index contributed by atoms with van der Waals surface area (Å²) in [7, 11) is 0. The predicted molar refractivity (Wildman–Crippen MR) is 324 cm³/mol. The van der Waals surface area contributed by atoms with Crippen molar-refractivity contribution in [3.05, 3.63) is 253 Å². The van der Waals surface area contributed by atoms with Crippen LogP contribution in [0.1, 0.15) is 36.1 Å². The summed E-state index contributed by atoms with van der Waals surface area (Å²) in [6, 6.07) is 86.6. The highest BCUT2D eigenvalue weighted by Crippen LogP contribution is 2.53. The van der Waals surface area contributed by atoms with Gasteiger partial charge in [-0.2, -0.15) is 0 Å². The van der Waals surface area contributed by atoms with Gasteiger partial charge in [0.2, 0.25) is 0 Å². The summed E-state index contributed by atoms with van der Waals surface area (Å²) >= 11 is 0. The van der Waals surface area contributed by atoms with Gasteiger partial charge < -0.3 is 18.6 Å².